The van der Waals surface area contributed by atoms with Gasteiger partial charge in [0.1, 0.15) is 0 Å². The first kappa shape index (κ1) is 15.1. The number of rotatable bonds is 2. The van der Waals surface area contributed by atoms with Gasteiger partial charge in [-0.1, -0.05) is 0 Å². The molecule has 0 aliphatic heterocycles. The summed E-state index contributed by atoms with van der Waals surface area (Å²) in [6, 6.07) is 5.05. The Kier molecular flexibility index (Phi) is 3.77. The number of nitrogens with two attached hydrogens (primary N) is 2. The van der Waals surface area contributed by atoms with Crippen molar-refractivity contribution in [3.05, 3.63) is 57.1 Å². The van der Waals surface area contributed by atoms with Gasteiger partial charge in [0, 0.05) is 22.5 Å². The Morgan fingerprint density at radius 2 is 1.29 bits per heavy atom. The van der Waals surface area contributed by atoms with E-state index in [1.54, 1.807) is 18.2 Å². The van der Waals surface area contributed by atoms with E-state index in [0.29, 0.717) is 16.9 Å². The van der Waals surface area contributed by atoms with Crippen molar-refractivity contribution in [1.82, 2.24) is 0 Å². The third-order valence-electron chi connectivity index (χ3n) is 4.55. The number of benzene rings is 2. The second kappa shape index (κ2) is 5.24. The van der Waals surface area contributed by atoms with Crippen molar-refractivity contribution in [3.8, 4) is 0 Å². The molecule has 0 saturated carbocycles. The van der Waals surface area contributed by atoms with Crippen LogP contribution in [0.25, 0.3) is 0 Å². The third kappa shape index (κ3) is 2.40. The molecule has 0 aromatic heterocycles. The van der Waals surface area contributed by atoms with Crippen LogP contribution in [0.4, 0.5) is 11.4 Å². The summed E-state index contributed by atoms with van der Waals surface area (Å²) in [6.45, 7) is 10.2. The van der Waals surface area contributed by atoms with E-state index in [4.69, 9.17) is 11.5 Å². The Hall–Kier alpha value is -2.29. The molecular weight excluding hydrogens is 260 g/mol. The molecule has 2 aromatic carbocycles. The zero-order chi connectivity index (χ0) is 15.9. The van der Waals surface area contributed by atoms with Crippen LogP contribution in [0.2, 0.25) is 0 Å². The van der Waals surface area contributed by atoms with Gasteiger partial charge < -0.3 is 11.5 Å². The van der Waals surface area contributed by atoms with Crippen LogP contribution in [-0.4, -0.2) is 5.78 Å². The molecule has 2 rings (SSSR count). The number of anilines is 2. The van der Waals surface area contributed by atoms with Crippen molar-refractivity contribution in [2.75, 3.05) is 11.5 Å². The Morgan fingerprint density at radius 3 is 1.76 bits per heavy atom. The van der Waals surface area contributed by atoms with Crippen molar-refractivity contribution in [2.45, 2.75) is 34.6 Å². The first-order valence-electron chi connectivity index (χ1n) is 7.02. The standard InChI is InChI=1S/C18H22N2O/c1-9-10(2)12(4)17(13(5)11(9)3)18(21)15-7-6-14(19)8-16(15)20/h6-8H,19-20H2,1-5H3. The molecule has 0 heterocycles. The van der Waals surface area contributed by atoms with Gasteiger partial charge in [-0.3, -0.25) is 4.79 Å². The van der Waals surface area contributed by atoms with E-state index in [1.807, 2.05) is 13.8 Å². The molecule has 0 unspecified atom stereocenters. The maximum atomic E-state index is 12.9. The maximum absolute atomic E-state index is 12.9. The fourth-order valence-electron chi connectivity index (χ4n) is 2.76. The summed E-state index contributed by atoms with van der Waals surface area (Å²) in [7, 11) is 0. The van der Waals surface area contributed by atoms with Gasteiger partial charge in [0.15, 0.2) is 5.78 Å². The molecule has 0 bridgehead atoms. The van der Waals surface area contributed by atoms with Crippen molar-refractivity contribution in [2.24, 2.45) is 0 Å². The minimum atomic E-state index is -0.0336. The molecular formula is C18H22N2O. The molecule has 21 heavy (non-hydrogen) atoms. The van der Waals surface area contributed by atoms with Gasteiger partial charge in [-0.25, -0.2) is 0 Å². The summed E-state index contributed by atoms with van der Waals surface area (Å²) in [5.74, 6) is -0.0336. The minimum Gasteiger partial charge on any atom is -0.399 e. The van der Waals surface area contributed by atoms with Crippen LogP contribution in [-0.2, 0) is 0 Å². The van der Waals surface area contributed by atoms with Crippen LogP contribution in [0.1, 0.15) is 43.7 Å². The molecule has 0 spiro atoms. The van der Waals surface area contributed by atoms with Crippen LogP contribution in [0.3, 0.4) is 0 Å². The first-order chi connectivity index (χ1) is 9.75. The Morgan fingerprint density at radius 1 is 0.810 bits per heavy atom. The van der Waals surface area contributed by atoms with E-state index in [9.17, 15) is 4.79 Å². The first-order valence-corrected chi connectivity index (χ1v) is 7.02. The highest BCUT2D eigenvalue weighted by atomic mass is 16.1. The van der Waals surface area contributed by atoms with Crippen molar-refractivity contribution < 1.29 is 4.79 Å². The predicted molar refractivity (Wildman–Crippen MR) is 88.8 cm³/mol. The number of nitrogen functional groups attached to an aromatic ring is 2. The molecule has 0 aliphatic carbocycles. The Bertz CT molecular complexity index is 716. The van der Waals surface area contributed by atoms with Gasteiger partial charge in [-0.2, -0.15) is 0 Å². The number of ketones is 1. The van der Waals surface area contributed by atoms with Gasteiger partial charge in [-0.05, 0) is 80.6 Å². The predicted octanol–water partition coefficient (Wildman–Crippen LogP) is 3.62. The van der Waals surface area contributed by atoms with Crippen molar-refractivity contribution in [3.63, 3.8) is 0 Å². The quantitative estimate of drug-likeness (QED) is 0.653. The lowest BCUT2D eigenvalue weighted by molar-refractivity contribution is 0.103. The monoisotopic (exact) mass is 282 g/mol. The summed E-state index contributed by atoms with van der Waals surface area (Å²) < 4.78 is 0. The number of carbonyl (C=O) groups excluding carboxylic acids is 1. The Labute approximate surface area is 126 Å². The maximum Gasteiger partial charge on any atom is 0.195 e. The third-order valence-corrected chi connectivity index (χ3v) is 4.55. The summed E-state index contributed by atoms with van der Waals surface area (Å²) in [6.07, 6.45) is 0. The second-order valence-corrected chi connectivity index (χ2v) is 5.68. The van der Waals surface area contributed by atoms with E-state index >= 15 is 0 Å². The largest absolute Gasteiger partial charge is 0.399 e. The van der Waals surface area contributed by atoms with Gasteiger partial charge >= 0.3 is 0 Å². The topological polar surface area (TPSA) is 69.1 Å². The number of carbonyl (C=O) groups is 1. The summed E-state index contributed by atoms with van der Waals surface area (Å²) in [5.41, 5.74) is 19.5. The lowest BCUT2D eigenvalue weighted by atomic mass is 9.86. The molecule has 0 aliphatic rings. The zero-order valence-corrected chi connectivity index (χ0v) is 13.3. The fourth-order valence-corrected chi connectivity index (χ4v) is 2.76. The molecule has 3 heteroatoms. The van der Waals surface area contributed by atoms with Crippen LogP contribution in [0.15, 0.2) is 18.2 Å². The average molecular weight is 282 g/mol. The molecule has 0 fully saturated rings. The highest BCUT2D eigenvalue weighted by Crippen LogP contribution is 2.29. The van der Waals surface area contributed by atoms with Gasteiger partial charge in [0.2, 0.25) is 0 Å². The molecule has 0 radical (unpaired) electrons. The SMILES string of the molecule is Cc1c(C)c(C)c(C(=O)c2ccc(N)cc2N)c(C)c1C. The molecule has 0 saturated heterocycles. The van der Waals surface area contributed by atoms with Crippen LogP contribution in [0, 0.1) is 34.6 Å². The normalized spacial score (nSPS) is 10.7. The Balaban J connectivity index is 2.70. The van der Waals surface area contributed by atoms with E-state index in [-0.39, 0.29) is 5.78 Å². The van der Waals surface area contributed by atoms with Gasteiger partial charge in [-0.15, -0.1) is 0 Å². The smallest absolute Gasteiger partial charge is 0.195 e. The summed E-state index contributed by atoms with van der Waals surface area (Å²) in [5, 5.41) is 0. The summed E-state index contributed by atoms with van der Waals surface area (Å²) in [4.78, 5) is 12.9. The molecule has 3 nitrogen and oxygen atoms in total. The molecule has 0 amide bonds. The van der Waals surface area contributed by atoms with E-state index in [0.717, 1.165) is 27.8 Å². The average Bonchev–Trinajstić information content (AvgIpc) is 2.43. The zero-order valence-electron chi connectivity index (χ0n) is 13.3. The lowest BCUT2D eigenvalue weighted by Crippen LogP contribution is -2.12. The summed E-state index contributed by atoms with van der Waals surface area (Å²) >= 11 is 0. The van der Waals surface area contributed by atoms with Crippen LogP contribution < -0.4 is 11.5 Å². The highest BCUT2D eigenvalue weighted by molar-refractivity contribution is 6.14. The molecule has 110 valence electrons. The number of hydrogen-bond acceptors (Lipinski definition) is 3. The van der Waals surface area contributed by atoms with Gasteiger partial charge in [0.05, 0.1) is 0 Å². The van der Waals surface area contributed by atoms with Crippen molar-refractivity contribution in [1.29, 1.82) is 0 Å². The van der Waals surface area contributed by atoms with Gasteiger partial charge in [0.25, 0.3) is 0 Å². The molecule has 4 N–H and O–H groups in total. The van der Waals surface area contributed by atoms with E-state index in [1.165, 1.54) is 5.56 Å². The fraction of sp³-hybridized carbons (Fsp3) is 0.278. The minimum absolute atomic E-state index is 0.0336. The molecule has 2 aromatic rings. The van der Waals surface area contributed by atoms with E-state index in [2.05, 4.69) is 20.8 Å². The lowest BCUT2D eigenvalue weighted by Gasteiger charge is -2.18. The van der Waals surface area contributed by atoms with E-state index < -0.39 is 0 Å². The highest BCUT2D eigenvalue weighted by Gasteiger charge is 2.20. The second-order valence-electron chi connectivity index (χ2n) is 5.68. The van der Waals surface area contributed by atoms with Crippen LogP contribution in [0.5, 0.6) is 0 Å². The van der Waals surface area contributed by atoms with Crippen molar-refractivity contribution >= 4 is 17.2 Å². The van der Waals surface area contributed by atoms with Crippen LogP contribution >= 0.6 is 0 Å². The number of hydrogen-bond donors (Lipinski definition) is 2. The molecule has 0 atom stereocenters.